The molecule has 9 heteroatoms. The Morgan fingerprint density at radius 1 is 1.13 bits per heavy atom. The molecule has 4 rings (SSSR count). The molecule has 0 fully saturated rings. The minimum atomic E-state index is -0.497. The lowest BCUT2D eigenvalue weighted by atomic mass is 10.2. The Kier molecular flexibility index (Phi) is 5.77. The van der Waals surface area contributed by atoms with Gasteiger partial charge in [0.15, 0.2) is 5.16 Å². The van der Waals surface area contributed by atoms with Crippen molar-refractivity contribution in [1.82, 2.24) is 19.3 Å². The van der Waals surface area contributed by atoms with Gasteiger partial charge in [0.05, 0.1) is 21.8 Å². The van der Waals surface area contributed by atoms with E-state index in [1.165, 1.54) is 27.1 Å². The molecular weight excluding hydrogens is 414 g/mol. The third-order valence-electron chi connectivity index (χ3n) is 4.85. The first-order chi connectivity index (χ1) is 15.0. The SMILES string of the molecule is CCC(Sc1nc2ccccc2c(=O)n1C)C(=O)Nc1cc(=O)n(-c2ccccc2)[nH]1. The first-order valence-electron chi connectivity index (χ1n) is 9.78. The molecular formula is C22H21N5O3S. The normalized spacial score (nSPS) is 12.1. The number of thioether (sulfide) groups is 1. The number of para-hydroxylation sites is 2. The van der Waals surface area contributed by atoms with Crippen molar-refractivity contribution in [2.24, 2.45) is 7.05 Å². The van der Waals surface area contributed by atoms with Gasteiger partial charge in [0.1, 0.15) is 5.82 Å². The third-order valence-corrected chi connectivity index (χ3v) is 6.25. The number of nitrogens with one attached hydrogen (secondary N) is 2. The van der Waals surface area contributed by atoms with Crippen LogP contribution in [0.1, 0.15) is 13.3 Å². The van der Waals surface area contributed by atoms with Crippen LogP contribution in [0.4, 0.5) is 5.82 Å². The van der Waals surface area contributed by atoms with Crippen LogP contribution in [0.3, 0.4) is 0 Å². The minimum Gasteiger partial charge on any atom is -0.310 e. The number of benzene rings is 2. The summed E-state index contributed by atoms with van der Waals surface area (Å²) < 4.78 is 2.81. The van der Waals surface area contributed by atoms with Gasteiger partial charge in [-0.05, 0) is 30.7 Å². The number of hydrogen-bond acceptors (Lipinski definition) is 5. The molecule has 0 saturated carbocycles. The van der Waals surface area contributed by atoms with Crippen molar-refractivity contribution in [3.63, 3.8) is 0 Å². The molecule has 4 aromatic rings. The van der Waals surface area contributed by atoms with Crippen molar-refractivity contribution in [3.05, 3.63) is 81.4 Å². The molecule has 0 radical (unpaired) electrons. The van der Waals surface area contributed by atoms with Gasteiger partial charge in [-0.3, -0.25) is 24.0 Å². The van der Waals surface area contributed by atoms with Crippen molar-refractivity contribution < 1.29 is 4.79 Å². The molecule has 1 unspecified atom stereocenters. The Bertz CT molecular complexity index is 1360. The van der Waals surface area contributed by atoms with Gasteiger partial charge in [-0.25, -0.2) is 9.67 Å². The molecule has 31 heavy (non-hydrogen) atoms. The van der Waals surface area contributed by atoms with E-state index in [1.807, 2.05) is 31.2 Å². The smallest absolute Gasteiger partial charge is 0.273 e. The lowest BCUT2D eigenvalue weighted by molar-refractivity contribution is -0.115. The molecule has 0 spiro atoms. The second-order valence-corrected chi connectivity index (χ2v) is 8.13. The third kappa shape index (κ3) is 4.17. The second kappa shape index (κ2) is 8.65. The number of fused-ring (bicyclic) bond motifs is 1. The number of amides is 1. The maximum absolute atomic E-state index is 12.9. The molecule has 2 aromatic heterocycles. The van der Waals surface area contributed by atoms with Gasteiger partial charge in [0.25, 0.3) is 11.1 Å². The molecule has 0 aliphatic heterocycles. The van der Waals surface area contributed by atoms with Crippen LogP contribution in [0.2, 0.25) is 0 Å². The number of rotatable bonds is 6. The molecule has 0 aliphatic rings. The Balaban J connectivity index is 1.56. The largest absolute Gasteiger partial charge is 0.310 e. The van der Waals surface area contributed by atoms with Gasteiger partial charge in [-0.15, -0.1) is 0 Å². The lowest BCUT2D eigenvalue weighted by Crippen LogP contribution is -2.27. The maximum atomic E-state index is 12.9. The Morgan fingerprint density at radius 2 is 1.84 bits per heavy atom. The summed E-state index contributed by atoms with van der Waals surface area (Å²) in [5, 5.41) is 6.17. The highest BCUT2D eigenvalue weighted by Gasteiger charge is 2.22. The molecule has 0 aliphatic carbocycles. The summed E-state index contributed by atoms with van der Waals surface area (Å²) in [4.78, 5) is 42.3. The van der Waals surface area contributed by atoms with Crippen LogP contribution in [-0.2, 0) is 11.8 Å². The topological polar surface area (TPSA) is 102 Å². The zero-order valence-corrected chi connectivity index (χ0v) is 17.8. The zero-order chi connectivity index (χ0) is 22.0. The molecule has 2 heterocycles. The van der Waals surface area contributed by atoms with Crippen molar-refractivity contribution in [1.29, 1.82) is 0 Å². The number of hydrogen-bond donors (Lipinski definition) is 2. The summed E-state index contributed by atoms with van der Waals surface area (Å²) in [5.74, 6) is 0.0228. The predicted molar refractivity (Wildman–Crippen MR) is 122 cm³/mol. The van der Waals surface area contributed by atoms with E-state index in [9.17, 15) is 14.4 Å². The van der Waals surface area contributed by atoms with Crippen molar-refractivity contribution in [3.8, 4) is 5.69 Å². The summed E-state index contributed by atoms with van der Waals surface area (Å²) in [6, 6.07) is 17.6. The van der Waals surface area contributed by atoms with E-state index in [0.717, 1.165) is 0 Å². The van der Waals surface area contributed by atoms with Crippen LogP contribution in [0.15, 0.2) is 75.4 Å². The minimum absolute atomic E-state index is 0.160. The fraction of sp³-hybridized carbons (Fsp3) is 0.182. The number of carbonyl (C=O) groups is 1. The van der Waals surface area contributed by atoms with Gasteiger partial charge in [0.2, 0.25) is 5.91 Å². The zero-order valence-electron chi connectivity index (χ0n) is 17.0. The van der Waals surface area contributed by atoms with Crippen molar-refractivity contribution in [2.45, 2.75) is 23.8 Å². The summed E-state index contributed by atoms with van der Waals surface area (Å²) in [5.41, 5.74) is 0.825. The van der Waals surface area contributed by atoms with Crippen LogP contribution in [-0.4, -0.2) is 30.5 Å². The average Bonchev–Trinajstić information content (AvgIpc) is 3.15. The van der Waals surface area contributed by atoms with Crippen LogP contribution in [0.25, 0.3) is 16.6 Å². The van der Waals surface area contributed by atoms with E-state index in [-0.39, 0.29) is 17.0 Å². The van der Waals surface area contributed by atoms with Gasteiger partial charge < -0.3 is 5.32 Å². The molecule has 2 aromatic carbocycles. The number of carbonyl (C=O) groups excluding carboxylic acids is 1. The maximum Gasteiger partial charge on any atom is 0.273 e. The molecule has 0 saturated heterocycles. The van der Waals surface area contributed by atoms with Crippen LogP contribution < -0.4 is 16.4 Å². The fourth-order valence-corrected chi connectivity index (χ4v) is 4.17. The van der Waals surface area contributed by atoms with Gasteiger partial charge in [-0.2, -0.15) is 0 Å². The summed E-state index contributed by atoms with van der Waals surface area (Å²) in [6.07, 6.45) is 0.517. The van der Waals surface area contributed by atoms with E-state index in [1.54, 1.807) is 37.4 Å². The van der Waals surface area contributed by atoms with Crippen molar-refractivity contribution in [2.75, 3.05) is 5.32 Å². The van der Waals surface area contributed by atoms with Gasteiger partial charge in [-0.1, -0.05) is 49.0 Å². The quantitative estimate of drug-likeness (QED) is 0.358. The first-order valence-corrected chi connectivity index (χ1v) is 10.7. The predicted octanol–water partition coefficient (Wildman–Crippen LogP) is 2.92. The van der Waals surface area contributed by atoms with Crippen LogP contribution >= 0.6 is 11.8 Å². The van der Waals surface area contributed by atoms with E-state index >= 15 is 0 Å². The summed E-state index contributed by atoms with van der Waals surface area (Å²) in [6.45, 7) is 1.88. The number of aromatic amines is 1. The Hall–Kier alpha value is -3.59. The summed E-state index contributed by atoms with van der Waals surface area (Å²) >= 11 is 1.22. The lowest BCUT2D eigenvalue weighted by Gasteiger charge is -2.15. The van der Waals surface area contributed by atoms with Crippen LogP contribution in [0, 0.1) is 0 Å². The van der Waals surface area contributed by atoms with Crippen molar-refractivity contribution >= 4 is 34.4 Å². The van der Waals surface area contributed by atoms with Gasteiger partial charge in [0, 0.05) is 13.1 Å². The molecule has 158 valence electrons. The van der Waals surface area contributed by atoms with Crippen LogP contribution in [0.5, 0.6) is 0 Å². The number of aromatic nitrogens is 4. The standard InChI is InChI=1S/C22H21N5O3S/c1-3-17(31-22-23-16-12-8-7-11-15(16)21(30)26(22)2)20(29)24-18-13-19(28)27(25-18)14-9-5-4-6-10-14/h4-13,17,25H,3H2,1-2H3,(H,24,29). The highest BCUT2D eigenvalue weighted by molar-refractivity contribution is 8.00. The highest BCUT2D eigenvalue weighted by atomic mass is 32.2. The Morgan fingerprint density at radius 3 is 2.58 bits per heavy atom. The van der Waals surface area contributed by atoms with E-state index < -0.39 is 5.25 Å². The Labute approximate surface area is 181 Å². The van der Waals surface area contributed by atoms with E-state index in [2.05, 4.69) is 15.4 Å². The molecule has 2 N–H and O–H groups in total. The monoisotopic (exact) mass is 435 g/mol. The fourth-order valence-electron chi connectivity index (χ4n) is 3.19. The van der Waals surface area contributed by atoms with Gasteiger partial charge >= 0.3 is 0 Å². The molecule has 0 bridgehead atoms. The van der Waals surface area contributed by atoms with E-state index in [0.29, 0.717) is 34.0 Å². The molecule has 1 atom stereocenters. The second-order valence-electron chi connectivity index (χ2n) is 6.96. The number of nitrogens with zero attached hydrogens (tertiary/aromatic N) is 3. The summed E-state index contributed by atoms with van der Waals surface area (Å²) in [7, 11) is 1.65. The molecule has 1 amide bonds. The average molecular weight is 436 g/mol. The highest BCUT2D eigenvalue weighted by Crippen LogP contribution is 2.25. The number of H-pyrrole nitrogens is 1. The molecule has 8 nitrogen and oxygen atoms in total. The number of anilines is 1. The first kappa shape index (κ1) is 20.7. The van der Waals surface area contributed by atoms with E-state index in [4.69, 9.17) is 0 Å².